The van der Waals surface area contributed by atoms with E-state index in [2.05, 4.69) is 5.32 Å². The quantitative estimate of drug-likeness (QED) is 0.607. The van der Waals surface area contributed by atoms with Gasteiger partial charge in [-0.15, -0.1) is 0 Å². The number of alkyl halides is 3. The molecular formula is C22H17F3N2O4S. The van der Waals surface area contributed by atoms with Crippen molar-refractivity contribution in [1.29, 1.82) is 0 Å². The first-order valence-electron chi connectivity index (χ1n) is 9.47. The third-order valence-electron chi connectivity index (χ3n) is 5.27. The molecule has 0 radical (unpaired) electrons. The number of nitrogens with one attached hydrogen (secondary N) is 2. The Labute approximate surface area is 181 Å². The number of hydrogen-bond acceptors (Lipinski definition) is 4. The summed E-state index contributed by atoms with van der Waals surface area (Å²) in [5.74, 6) is -0.928. The van der Waals surface area contributed by atoms with Crippen LogP contribution in [0.15, 0.2) is 63.1 Å². The largest absolute Gasteiger partial charge is 0.431 e. The molecule has 1 aromatic heterocycles. The number of carbonyl (C=O) groups is 1. The molecule has 1 aliphatic rings. The number of rotatable bonds is 2. The third kappa shape index (κ3) is 3.60. The molecule has 1 amide bonds. The Hall–Kier alpha value is -3.40. The van der Waals surface area contributed by atoms with Crippen LogP contribution in [0.25, 0.3) is 0 Å². The van der Waals surface area contributed by atoms with E-state index >= 15 is 0 Å². The fourth-order valence-corrected chi connectivity index (χ4v) is 5.61. The van der Waals surface area contributed by atoms with Crippen LogP contribution in [-0.2, 0) is 16.0 Å². The van der Waals surface area contributed by atoms with E-state index in [4.69, 9.17) is 0 Å². The lowest BCUT2D eigenvalue weighted by Crippen LogP contribution is -2.36. The number of fused-ring (bicyclic) bond motifs is 2. The Bertz CT molecular complexity index is 1370. The molecule has 0 bridgehead atoms. The summed E-state index contributed by atoms with van der Waals surface area (Å²) in [6, 6.07) is 10.0. The second-order valence-corrected chi connectivity index (χ2v) is 9.49. The molecule has 6 nitrogen and oxygen atoms in total. The van der Waals surface area contributed by atoms with Crippen molar-refractivity contribution >= 4 is 15.7 Å². The van der Waals surface area contributed by atoms with Crippen LogP contribution in [0.1, 0.15) is 44.3 Å². The number of aryl methyl sites for hydroxylation is 2. The first-order chi connectivity index (χ1) is 14.9. The van der Waals surface area contributed by atoms with Crippen LogP contribution in [-0.4, -0.2) is 19.3 Å². The molecule has 0 spiro atoms. The number of benzene rings is 2. The zero-order chi connectivity index (χ0) is 23.4. The van der Waals surface area contributed by atoms with Gasteiger partial charge in [0.15, 0.2) is 0 Å². The number of H-pyrrole nitrogens is 1. The highest BCUT2D eigenvalue weighted by atomic mass is 32.2. The first-order valence-corrected chi connectivity index (χ1v) is 11.0. The van der Waals surface area contributed by atoms with Crippen LogP contribution in [0, 0.1) is 13.8 Å². The summed E-state index contributed by atoms with van der Waals surface area (Å²) >= 11 is 0. The van der Waals surface area contributed by atoms with E-state index < -0.39 is 44.8 Å². The lowest BCUT2D eigenvalue weighted by Gasteiger charge is -2.29. The molecule has 0 unspecified atom stereocenters. The van der Waals surface area contributed by atoms with Gasteiger partial charge in [0, 0.05) is 0 Å². The maximum absolute atomic E-state index is 13.2. The molecule has 3 aromatic rings. The van der Waals surface area contributed by atoms with Crippen LogP contribution in [0.5, 0.6) is 0 Å². The van der Waals surface area contributed by atoms with E-state index in [1.165, 1.54) is 12.1 Å². The van der Waals surface area contributed by atoms with Crippen molar-refractivity contribution in [1.82, 2.24) is 10.3 Å². The standard InChI is InChI=1S/C22H17F3N2O4S/c1-11-3-5-13-16(9-11)32(30,31)17-10-12(2)4-6-14(17)19(13)27-21(29)15-7-8-18(22(23,24)25)26-20(15)28/h3-10,19H,1-2H3,(H,26,28)(H,27,29). The van der Waals surface area contributed by atoms with Gasteiger partial charge < -0.3 is 10.3 Å². The summed E-state index contributed by atoms with van der Waals surface area (Å²) in [6.45, 7) is 3.47. The number of aromatic nitrogens is 1. The third-order valence-corrected chi connectivity index (χ3v) is 7.14. The number of carbonyl (C=O) groups excluding carboxylic acids is 1. The van der Waals surface area contributed by atoms with Crippen molar-refractivity contribution < 1.29 is 26.4 Å². The van der Waals surface area contributed by atoms with Crippen molar-refractivity contribution in [2.75, 3.05) is 0 Å². The molecule has 0 saturated carbocycles. The average Bonchev–Trinajstić information content (AvgIpc) is 2.70. The second-order valence-electron chi connectivity index (χ2n) is 7.61. The summed E-state index contributed by atoms with van der Waals surface area (Å²) in [5, 5.41) is 2.62. The topological polar surface area (TPSA) is 96.1 Å². The molecule has 2 N–H and O–H groups in total. The molecule has 1 aliphatic heterocycles. The average molecular weight is 462 g/mol. The second kappa shape index (κ2) is 7.33. The van der Waals surface area contributed by atoms with Gasteiger partial charge in [-0.1, -0.05) is 24.3 Å². The van der Waals surface area contributed by atoms with E-state index in [0.29, 0.717) is 28.3 Å². The normalized spacial score (nSPS) is 15.0. The zero-order valence-electron chi connectivity index (χ0n) is 16.9. The van der Waals surface area contributed by atoms with Crippen LogP contribution in [0.3, 0.4) is 0 Å². The van der Waals surface area contributed by atoms with Gasteiger partial charge >= 0.3 is 6.18 Å². The van der Waals surface area contributed by atoms with Gasteiger partial charge in [0.05, 0.1) is 15.8 Å². The van der Waals surface area contributed by atoms with Gasteiger partial charge in [-0.2, -0.15) is 13.2 Å². The van der Waals surface area contributed by atoms with Gasteiger partial charge in [-0.25, -0.2) is 8.42 Å². The Balaban J connectivity index is 1.82. The Morgan fingerprint density at radius 2 is 1.47 bits per heavy atom. The molecule has 0 aliphatic carbocycles. The fraction of sp³-hybridized carbons (Fsp3) is 0.182. The number of sulfone groups is 1. The minimum atomic E-state index is -4.76. The Morgan fingerprint density at radius 3 is 1.94 bits per heavy atom. The molecule has 2 aromatic carbocycles. The zero-order valence-corrected chi connectivity index (χ0v) is 17.7. The molecule has 10 heteroatoms. The smallest absolute Gasteiger partial charge is 0.341 e. The van der Waals surface area contributed by atoms with Crippen molar-refractivity contribution in [3.63, 3.8) is 0 Å². The molecule has 166 valence electrons. The van der Waals surface area contributed by atoms with Crippen molar-refractivity contribution in [3.05, 3.63) is 92.4 Å². The van der Waals surface area contributed by atoms with E-state index in [1.54, 1.807) is 43.1 Å². The first kappa shape index (κ1) is 21.8. The Morgan fingerprint density at radius 1 is 0.938 bits per heavy atom. The number of halogens is 3. The van der Waals surface area contributed by atoms with E-state index in [-0.39, 0.29) is 9.79 Å². The van der Waals surface area contributed by atoms with Crippen molar-refractivity contribution in [2.45, 2.75) is 35.9 Å². The van der Waals surface area contributed by atoms with Crippen LogP contribution < -0.4 is 10.9 Å². The molecule has 4 rings (SSSR count). The SMILES string of the molecule is Cc1ccc2c(c1)S(=O)(=O)c1cc(C)ccc1C2NC(=O)c1ccc(C(F)(F)F)[nH]c1=O. The predicted octanol–water partition coefficient (Wildman–Crippen LogP) is 3.68. The van der Waals surface area contributed by atoms with Gasteiger partial charge in [-0.05, 0) is 60.4 Å². The molecular weight excluding hydrogens is 445 g/mol. The monoisotopic (exact) mass is 462 g/mol. The molecule has 0 fully saturated rings. The van der Waals surface area contributed by atoms with Crippen molar-refractivity contribution in [3.8, 4) is 0 Å². The minimum absolute atomic E-state index is 0.0298. The van der Waals surface area contributed by atoms with Crippen LogP contribution in [0.4, 0.5) is 13.2 Å². The van der Waals surface area contributed by atoms with E-state index in [1.807, 2.05) is 0 Å². The highest BCUT2D eigenvalue weighted by molar-refractivity contribution is 7.91. The van der Waals surface area contributed by atoms with Crippen LogP contribution in [0.2, 0.25) is 0 Å². The molecule has 0 saturated heterocycles. The predicted molar refractivity (Wildman–Crippen MR) is 109 cm³/mol. The van der Waals surface area contributed by atoms with Gasteiger partial charge in [0.2, 0.25) is 9.84 Å². The number of hydrogen-bond donors (Lipinski definition) is 2. The van der Waals surface area contributed by atoms with Gasteiger partial charge in [0.1, 0.15) is 11.3 Å². The minimum Gasteiger partial charge on any atom is -0.341 e. The summed E-state index contributed by atoms with van der Waals surface area (Å²) in [6.07, 6.45) is -4.76. The van der Waals surface area contributed by atoms with E-state index in [9.17, 15) is 31.2 Å². The van der Waals surface area contributed by atoms with Crippen molar-refractivity contribution in [2.24, 2.45) is 0 Å². The highest BCUT2D eigenvalue weighted by Gasteiger charge is 2.37. The number of pyridine rings is 1. The maximum Gasteiger partial charge on any atom is 0.431 e. The summed E-state index contributed by atoms with van der Waals surface area (Å²) in [7, 11) is -3.85. The lowest BCUT2D eigenvalue weighted by atomic mass is 9.95. The Kier molecular flexibility index (Phi) is 5.00. The summed E-state index contributed by atoms with van der Waals surface area (Å²) < 4.78 is 64.9. The number of aromatic amines is 1. The maximum atomic E-state index is 13.2. The summed E-state index contributed by atoms with van der Waals surface area (Å²) in [4.78, 5) is 26.7. The molecule has 2 heterocycles. The van der Waals surface area contributed by atoms with Gasteiger partial charge in [-0.3, -0.25) is 9.59 Å². The fourth-order valence-electron chi connectivity index (χ4n) is 3.69. The number of amides is 1. The van der Waals surface area contributed by atoms with E-state index in [0.717, 1.165) is 6.07 Å². The molecule has 0 atom stereocenters. The highest BCUT2D eigenvalue weighted by Crippen LogP contribution is 2.41. The summed E-state index contributed by atoms with van der Waals surface area (Å²) in [5.41, 5.74) is -0.972. The van der Waals surface area contributed by atoms with Gasteiger partial charge in [0.25, 0.3) is 11.5 Å². The van der Waals surface area contributed by atoms with Crippen LogP contribution >= 0.6 is 0 Å². The molecule has 32 heavy (non-hydrogen) atoms. The lowest BCUT2D eigenvalue weighted by molar-refractivity contribution is -0.141.